The smallest absolute Gasteiger partial charge is 0.185 e. The van der Waals surface area contributed by atoms with Crippen molar-refractivity contribution >= 4 is 16.5 Å². The summed E-state index contributed by atoms with van der Waals surface area (Å²) in [7, 11) is 0. The summed E-state index contributed by atoms with van der Waals surface area (Å²) >= 11 is 1.80. The summed E-state index contributed by atoms with van der Waals surface area (Å²) in [4.78, 5) is 8.17. The molecular weight excluding hydrogens is 320 g/mol. The van der Waals surface area contributed by atoms with Crippen LogP contribution < -0.4 is 10.2 Å². The molecule has 2 aromatic heterocycles. The monoisotopic (exact) mass is 348 g/mol. The van der Waals surface area contributed by atoms with Crippen LogP contribution in [0.1, 0.15) is 43.7 Å². The first kappa shape index (κ1) is 17.4. The van der Waals surface area contributed by atoms with Gasteiger partial charge in [0.05, 0.1) is 0 Å². The second-order valence-electron chi connectivity index (χ2n) is 6.31. The van der Waals surface area contributed by atoms with Crippen LogP contribution in [0.15, 0.2) is 6.20 Å². The number of aryl methyl sites for hydroxylation is 2. The lowest BCUT2D eigenvalue weighted by molar-refractivity contribution is 0.343. The van der Waals surface area contributed by atoms with Crippen LogP contribution in [-0.4, -0.2) is 39.4 Å². The Balaban J connectivity index is 1.49. The Hall–Kier alpha value is -1.47. The van der Waals surface area contributed by atoms with E-state index in [0.717, 1.165) is 62.3 Å². The van der Waals surface area contributed by atoms with Gasteiger partial charge in [-0.15, -0.1) is 21.5 Å². The van der Waals surface area contributed by atoms with E-state index < -0.39 is 0 Å². The minimum absolute atomic E-state index is 0.661. The fraction of sp³-hybridized carbons (Fsp3) is 0.706. The highest BCUT2D eigenvalue weighted by Gasteiger charge is 2.22. The Morgan fingerprint density at radius 2 is 2.12 bits per heavy atom. The predicted molar refractivity (Wildman–Crippen MR) is 98.6 cm³/mol. The van der Waals surface area contributed by atoms with Crippen molar-refractivity contribution in [2.24, 2.45) is 5.92 Å². The Labute approximate surface area is 148 Å². The number of hydrogen-bond donors (Lipinski definition) is 1. The minimum atomic E-state index is 0.661. The summed E-state index contributed by atoms with van der Waals surface area (Å²) in [6, 6.07) is 0. The molecule has 0 aliphatic carbocycles. The maximum Gasteiger partial charge on any atom is 0.185 e. The number of rotatable bonds is 8. The fourth-order valence-corrected chi connectivity index (χ4v) is 4.30. The lowest BCUT2D eigenvalue weighted by Crippen LogP contribution is -2.30. The number of thiazole rings is 1. The zero-order valence-corrected chi connectivity index (χ0v) is 15.8. The molecule has 0 bridgehead atoms. The van der Waals surface area contributed by atoms with E-state index in [1.165, 1.54) is 11.3 Å². The number of aromatic nitrogens is 4. The van der Waals surface area contributed by atoms with Gasteiger partial charge in [0.15, 0.2) is 5.13 Å². The molecule has 0 saturated carbocycles. The highest BCUT2D eigenvalue weighted by atomic mass is 32.1. The number of hydrogen-bond acceptors (Lipinski definition) is 6. The van der Waals surface area contributed by atoms with Crippen LogP contribution in [0, 0.1) is 5.92 Å². The van der Waals surface area contributed by atoms with Gasteiger partial charge in [0.1, 0.15) is 11.6 Å². The minimum Gasteiger partial charge on any atom is -0.349 e. The van der Waals surface area contributed by atoms with E-state index in [0.29, 0.717) is 5.92 Å². The lowest BCUT2D eigenvalue weighted by Gasteiger charge is -2.24. The first-order chi connectivity index (χ1) is 11.7. The molecule has 132 valence electrons. The normalized spacial score (nSPS) is 17.0. The zero-order valence-electron chi connectivity index (χ0n) is 15.0. The number of nitrogens with zero attached hydrogens (tertiary/aromatic N) is 5. The van der Waals surface area contributed by atoms with E-state index in [2.05, 4.69) is 50.7 Å². The first-order valence-electron chi connectivity index (χ1n) is 9.06. The molecule has 1 aliphatic rings. The molecule has 7 heteroatoms. The summed E-state index contributed by atoms with van der Waals surface area (Å²) in [6.45, 7) is 11.5. The van der Waals surface area contributed by atoms with Gasteiger partial charge in [0.2, 0.25) is 0 Å². The van der Waals surface area contributed by atoms with E-state index in [1.807, 2.05) is 6.20 Å². The maximum absolute atomic E-state index is 4.55. The van der Waals surface area contributed by atoms with Gasteiger partial charge >= 0.3 is 0 Å². The van der Waals surface area contributed by atoms with Gasteiger partial charge in [-0.3, -0.25) is 0 Å². The number of nitrogens with one attached hydrogen (secondary N) is 1. The summed E-state index contributed by atoms with van der Waals surface area (Å²) in [5.74, 6) is 2.95. The Bertz CT molecular complexity index is 632. The van der Waals surface area contributed by atoms with Gasteiger partial charge < -0.3 is 14.8 Å². The Kier molecular flexibility index (Phi) is 5.84. The summed E-state index contributed by atoms with van der Waals surface area (Å²) in [6.07, 6.45) is 5.22. The van der Waals surface area contributed by atoms with Crippen molar-refractivity contribution in [3.63, 3.8) is 0 Å². The van der Waals surface area contributed by atoms with Crippen LogP contribution in [-0.2, 0) is 25.9 Å². The topological polar surface area (TPSA) is 58.9 Å². The maximum atomic E-state index is 4.55. The van der Waals surface area contributed by atoms with E-state index in [1.54, 1.807) is 11.3 Å². The molecule has 24 heavy (non-hydrogen) atoms. The van der Waals surface area contributed by atoms with Crippen molar-refractivity contribution in [2.45, 2.75) is 53.1 Å². The van der Waals surface area contributed by atoms with E-state index in [-0.39, 0.29) is 0 Å². The molecule has 0 amide bonds. The molecule has 0 radical (unpaired) electrons. The number of anilines is 1. The van der Waals surface area contributed by atoms with Crippen LogP contribution in [0.25, 0.3) is 0 Å². The molecule has 1 atom stereocenters. The summed E-state index contributed by atoms with van der Waals surface area (Å²) in [5, 5.41) is 13.4. The van der Waals surface area contributed by atoms with Crippen molar-refractivity contribution in [1.82, 2.24) is 25.1 Å². The average molecular weight is 349 g/mol. The molecule has 0 saturated heterocycles. The third-order valence-corrected chi connectivity index (χ3v) is 5.80. The quantitative estimate of drug-likeness (QED) is 0.794. The molecule has 1 N–H and O–H groups in total. The summed E-state index contributed by atoms with van der Waals surface area (Å²) in [5.41, 5.74) is 0. The third kappa shape index (κ3) is 3.78. The van der Waals surface area contributed by atoms with Crippen LogP contribution >= 0.6 is 11.3 Å². The second-order valence-corrected chi connectivity index (χ2v) is 7.41. The van der Waals surface area contributed by atoms with Gasteiger partial charge in [-0.05, 0) is 26.2 Å². The number of fused-ring (bicyclic) bond motifs is 1. The van der Waals surface area contributed by atoms with Gasteiger partial charge in [-0.2, -0.15) is 0 Å². The summed E-state index contributed by atoms with van der Waals surface area (Å²) < 4.78 is 2.32. The van der Waals surface area contributed by atoms with Crippen LogP contribution in [0.2, 0.25) is 0 Å². The molecule has 0 spiro atoms. The Morgan fingerprint density at radius 3 is 2.88 bits per heavy atom. The van der Waals surface area contributed by atoms with Crippen molar-refractivity contribution in [3.8, 4) is 0 Å². The Morgan fingerprint density at radius 1 is 1.29 bits per heavy atom. The van der Waals surface area contributed by atoms with Crippen molar-refractivity contribution in [1.29, 1.82) is 0 Å². The third-order valence-electron chi connectivity index (χ3n) is 4.74. The molecule has 0 fully saturated rings. The van der Waals surface area contributed by atoms with Crippen LogP contribution in [0.3, 0.4) is 0 Å². The van der Waals surface area contributed by atoms with Crippen LogP contribution in [0.4, 0.5) is 5.13 Å². The molecule has 2 aromatic rings. The second kappa shape index (κ2) is 8.07. The fourth-order valence-electron chi connectivity index (χ4n) is 3.30. The predicted octanol–water partition coefficient (Wildman–Crippen LogP) is 2.50. The van der Waals surface area contributed by atoms with Gasteiger partial charge in [-0.1, -0.05) is 6.92 Å². The highest BCUT2D eigenvalue weighted by Crippen LogP contribution is 2.23. The molecular formula is C17H28N6S. The largest absolute Gasteiger partial charge is 0.349 e. The first-order valence-corrected chi connectivity index (χ1v) is 9.88. The molecule has 3 heterocycles. The van der Waals surface area contributed by atoms with Gasteiger partial charge in [-0.25, -0.2) is 4.98 Å². The van der Waals surface area contributed by atoms with Crippen LogP contribution in [0.5, 0.6) is 0 Å². The standard InChI is InChI=1S/C17H28N6S/c1-4-15-20-21-16-8-7-13(12-23(15)16)9-18-10-14-11-19-17(24-14)22(5-2)6-3/h11,13,18H,4-10,12H2,1-3H3/t13-/m1/s1. The van der Waals surface area contributed by atoms with E-state index >= 15 is 0 Å². The molecule has 6 nitrogen and oxygen atoms in total. The zero-order chi connectivity index (χ0) is 16.9. The SMILES string of the molecule is CCc1nnc2n1C[C@@H](CNCc1cnc(N(CC)CC)s1)CC2. The molecule has 1 aliphatic heterocycles. The van der Waals surface area contributed by atoms with Crippen molar-refractivity contribution < 1.29 is 0 Å². The molecule has 3 rings (SSSR count). The van der Waals surface area contributed by atoms with Crippen molar-refractivity contribution in [2.75, 3.05) is 24.5 Å². The lowest BCUT2D eigenvalue weighted by atomic mass is 9.99. The average Bonchev–Trinajstić information content (AvgIpc) is 3.23. The highest BCUT2D eigenvalue weighted by molar-refractivity contribution is 7.15. The molecule has 0 unspecified atom stereocenters. The van der Waals surface area contributed by atoms with Gasteiger partial charge in [0.25, 0.3) is 0 Å². The van der Waals surface area contributed by atoms with E-state index in [4.69, 9.17) is 0 Å². The van der Waals surface area contributed by atoms with E-state index in [9.17, 15) is 0 Å². The van der Waals surface area contributed by atoms with Crippen molar-refractivity contribution in [3.05, 3.63) is 22.7 Å². The molecule has 0 aromatic carbocycles. The van der Waals surface area contributed by atoms with Gasteiger partial charge in [0, 0.05) is 56.6 Å².